The number of aryl methyl sites for hydroxylation is 1. The van der Waals surface area contributed by atoms with Gasteiger partial charge < -0.3 is 10.3 Å². The van der Waals surface area contributed by atoms with Crippen molar-refractivity contribution in [1.29, 1.82) is 0 Å². The monoisotopic (exact) mass is 272 g/mol. The van der Waals surface area contributed by atoms with Gasteiger partial charge in [0.05, 0.1) is 6.33 Å². The molecular weight excluding hydrogens is 252 g/mol. The number of sulfonamides is 1. The summed E-state index contributed by atoms with van der Waals surface area (Å²) in [6.07, 6.45) is 3.39. The fourth-order valence-corrected chi connectivity index (χ4v) is 4.46. The molecule has 0 aromatic carbocycles. The zero-order valence-electron chi connectivity index (χ0n) is 11.0. The van der Waals surface area contributed by atoms with Crippen LogP contribution in [0.3, 0.4) is 0 Å². The Kier molecular flexibility index (Phi) is 3.37. The highest BCUT2D eigenvalue weighted by molar-refractivity contribution is 7.89. The first-order valence-corrected chi connectivity index (χ1v) is 7.58. The zero-order valence-corrected chi connectivity index (χ0v) is 11.8. The van der Waals surface area contributed by atoms with Crippen LogP contribution in [0.25, 0.3) is 0 Å². The number of piperidine rings is 1. The lowest BCUT2D eigenvalue weighted by Gasteiger charge is -2.36. The van der Waals surface area contributed by atoms with Crippen molar-refractivity contribution in [3.8, 4) is 0 Å². The van der Waals surface area contributed by atoms with Crippen LogP contribution in [0.2, 0.25) is 0 Å². The average Bonchev–Trinajstić information content (AvgIpc) is 2.62. The van der Waals surface area contributed by atoms with Gasteiger partial charge in [0, 0.05) is 19.6 Å². The summed E-state index contributed by atoms with van der Waals surface area (Å²) in [5.74, 6) is 0.436. The van der Waals surface area contributed by atoms with E-state index >= 15 is 0 Å². The van der Waals surface area contributed by atoms with Gasteiger partial charge >= 0.3 is 0 Å². The Labute approximate surface area is 108 Å². The molecule has 2 atom stereocenters. The quantitative estimate of drug-likeness (QED) is 0.864. The second-order valence-electron chi connectivity index (χ2n) is 5.02. The van der Waals surface area contributed by atoms with E-state index in [4.69, 9.17) is 5.73 Å². The molecule has 1 aliphatic rings. The largest absolute Gasteiger partial charge is 0.381 e. The van der Waals surface area contributed by atoms with Crippen molar-refractivity contribution in [3.05, 3.63) is 6.33 Å². The Morgan fingerprint density at radius 2 is 2.11 bits per heavy atom. The van der Waals surface area contributed by atoms with Gasteiger partial charge in [0.15, 0.2) is 10.8 Å². The predicted molar refractivity (Wildman–Crippen MR) is 69.4 cm³/mol. The molecule has 1 aliphatic heterocycles. The van der Waals surface area contributed by atoms with Crippen LogP contribution in [0, 0.1) is 5.92 Å². The van der Waals surface area contributed by atoms with Crippen LogP contribution in [0.4, 0.5) is 5.82 Å². The molecule has 2 N–H and O–H groups in total. The van der Waals surface area contributed by atoms with Crippen LogP contribution in [0.5, 0.6) is 0 Å². The van der Waals surface area contributed by atoms with Crippen LogP contribution in [0.15, 0.2) is 11.4 Å². The molecule has 1 aromatic heterocycles. The Hall–Kier alpha value is -1.08. The van der Waals surface area contributed by atoms with Crippen LogP contribution in [-0.2, 0) is 17.1 Å². The maximum Gasteiger partial charge on any atom is 0.262 e. The van der Waals surface area contributed by atoms with E-state index in [1.807, 2.05) is 6.92 Å². The maximum absolute atomic E-state index is 12.6. The highest BCUT2D eigenvalue weighted by Gasteiger charge is 2.37. The number of hydrogen-bond acceptors (Lipinski definition) is 4. The molecule has 2 heterocycles. The third kappa shape index (κ3) is 2.01. The molecule has 102 valence electrons. The maximum atomic E-state index is 12.6. The van der Waals surface area contributed by atoms with Crippen molar-refractivity contribution >= 4 is 15.8 Å². The Balaban J connectivity index is 2.43. The lowest BCUT2D eigenvalue weighted by atomic mass is 9.94. The highest BCUT2D eigenvalue weighted by Crippen LogP contribution is 2.30. The molecule has 0 bridgehead atoms. The summed E-state index contributed by atoms with van der Waals surface area (Å²) in [4.78, 5) is 3.86. The summed E-state index contributed by atoms with van der Waals surface area (Å²) in [6.45, 7) is 4.59. The number of imidazole rings is 1. The third-order valence-corrected chi connectivity index (χ3v) is 5.90. The normalized spacial score (nSPS) is 26.4. The minimum atomic E-state index is -3.55. The van der Waals surface area contributed by atoms with Crippen molar-refractivity contribution in [2.45, 2.75) is 37.8 Å². The molecular formula is C11H20N4O2S. The minimum absolute atomic E-state index is 0.00181. The number of hydrogen-bond donors (Lipinski definition) is 1. The first-order valence-electron chi connectivity index (χ1n) is 6.14. The Morgan fingerprint density at radius 3 is 2.67 bits per heavy atom. The molecule has 2 rings (SSSR count). The molecule has 1 saturated heterocycles. The van der Waals surface area contributed by atoms with Crippen molar-refractivity contribution in [1.82, 2.24) is 13.9 Å². The lowest BCUT2D eigenvalue weighted by Crippen LogP contribution is -2.46. The zero-order chi connectivity index (χ0) is 13.5. The molecule has 1 fully saturated rings. The average molecular weight is 272 g/mol. The molecule has 1 aromatic rings. The van der Waals surface area contributed by atoms with Gasteiger partial charge in [-0.2, -0.15) is 4.31 Å². The van der Waals surface area contributed by atoms with E-state index in [1.165, 1.54) is 10.9 Å². The van der Waals surface area contributed by atoms with Gasteiger partial charge in [0.2, 0.25) is 0 Å². The number of nitrogen functional groups attached to an aromatic ring is 1. The van der Waals surface area contributed by atoms with E-state index < -0.39 is 10.0 Å². The van der Waals surface area contributed by atoms with Gasteiger partial charge in [-0.05, 0) is 25.7 Å². The van der Waals surface area contributed by atoms with Gasteiger partial charge in [0.25, 0.3) is 10.0 Å². The SMILES string of the molecule is CC1CCCN(S(=O)(=O)c2c(N)ncn2C)C1C. The van der Waals surface area contributed by atoms with E-state index in [-0.39, 0.29) is 16.9 Å². The van der Waals surface area contributed by atoms with Crippen LogP contribution < -0.4 is 5.73 Å². The van der Waals surface area contributed by atoms with Crippen LogP contribution in [0.1, 0.15) is 26.7 Å². The number of anilines is 1. The first-order chi connectivity index (χ1) is 8.35. The Morgan fingerprint density at radius 1 is 1.44 bits per heavy atom. The van der Waals surface area contributed by atoms with E-state index in [0.29, 0.717) is 12.5 Å². The fraction of sp³-hybridized carbons (Fsp3) is 0.727. The molecule has 0 spiro atoms. The predicted octanol–water partition coefficient (Wildman–Crippen LogP) is 0.811. The summed E-state index contributed by atoms with van der Waals surface area (Å²) in [5, 5.41) is 0.100. The lowest BCUT2D eigenvalue weighted by molar-refractivity contribution is 0.201. The molecule has 0 saturated carbocycles. The van der Waals surface area contributed by atoms with Crippen LogP contribution >= 0.6 is 0 Å². The van der Waals surface area contributed by atoms with Crippen molar-refractivity contribution in [2.75, 3.05) is 12.3 Å². The van der Waals surface area contributed by atoms with Gasteiger partial charge in [-0.15, -0.1) is 0 Å². The van der Waals surface area contributed by atoms with Crippen LogP contribution in [-0.4, -0.2) is 34.9 Å². The summed E-state index contributed by atoms with van der Waals surface area (Å²) in [5.41, 5.74) is 5.68. The second-order valence-corrected chi connectivity index (χ2v) is 6.83. The third-order valence-electron chi connectivity index (χ3n) is 3.78. The minimum Gasteiger partial charge on any atom is -0.381 e. The molecule has 2 unspecified atom stereocenters. The van der Waals surface area contributed by atoms with Crippen molar-refractivity contribution in [2.24, 2.45) is 13.0 Å². The molecule has 0 amide bonds. The van der Waals surface area contributed by atoms with Gasteiger partial charge in [-0.1, -0.05) is 6.92 Å². The first kappa shape index (κ1) is 13.4. The van der Waals surface area contributed by atoms with E-state index in [1.54, 1.807) is 11.4 Å². The molecule has 0 aliphatic carbocycles. The molecule has 6 nitrogen and oxygen atoms in total. The highest BCUT2D eigenvalue weighted by atomic mass is 32.2. The molecule has 18 heavy (non-hydrogen) atoms. The number of nitrogens with zero attached hydrogens (tertiary/aromatic N) is 3. The van der Waals surface area contributed by atoms with Gasteiger partial charge in [-0.25, -0.2) is 13.4 Å². The smallest absolute Gasteiger partial charge is 0.262 e. The van der Waals surface area contributed by atoms with Gasteiger partial charge in [-0.3, -0.25) is 0 Å². The second kappa shape index (κ2) is 4.55. The number of rotatable bonds is 2. The summed E-state index contributed by atoms with van der Waals surface area (Å²) < 4.78 is 28.3. The van der Waals surface area contributed by atoms with Crippen molar-refractivity contribution in [3.63, 3.8) is 0 Å². The van der Waals surface area contributed by atoms with E-state index in [9.17, 15) is 8.42 Å². The number of nitrogens with two attached hydrogens (primary N) is 1. The number of aromatic nitrogens is 2. The molecule has 0 radical (unpaired) electrons. The topological polar surface area (TPSA) is 81.2 Å². The fourth-order valence-electron chi connectivity index (χ4n) is 2.50. The summed E-state index contributed by atoms with van der Waals surface area (Å²) >= 11 is 0. The Bertz CT molecular complexity index is 518. The van der Waals surface area contributed by atoms with E-state index in [2.05, 4.69) is 11.9 Å². The van der Waals surface area contributed by atoms with Gasteiger partial charge in [0.1, 0.15) is 0 Å². The summed E-state index contributed by atoms with van der Waals surface area (Å²) in [7, 11) is -1.91. The standard InChI is InChI=1S/C11H20N4O2S/c1-8-5-4-6-15(9(8)2)18(16,17)11-10(12)13-7-14(11)3/h7-9H,4-6,12H2,1-3H3. The van der Waals surface area contributed by atoms with Crippen molar-refractivity contribution < 1.29 is 8.42 Å². The summed E-state index contributed by atoms with van der Waals surface area (Å²) in [6, 6.07) is -0.00181. The molecule has 7 heteroatoms. The van der Waals surface area contributed by atoms with E-state index in [0.717, 1.165) is 12.8 Å².